The Morgan fingerprint density at radius 3 is 2.81 bits per heavy atom. The lowest BCUT2D eigenvalue weighted by molar-refractivity contribution is 0.184. The van der Waals surface area contributed by atoms with E-state index in [0.29, 0.717) is 6.04 Å². The SMILES string of the molecule is COCCC(C)NCc1ccc(C)c(Cl)c1. The Bertz CT molecular complexity index is 328. The van der Waals surface area contributed by atoms with Gasteiger partial charge in [0.15, 0.2) is 0 Å². The fourth-order valence-corrected chi connectivity index (χ4v) is 1.64. The molecule has 0 saturated heterocycles. The number of benzene rings is 1. The van der Waals surface area contributed by atoms with Gasteiger partial charge in [-0.15, -0.1) is 0 Å². The van der Waals surface area contributed by atoms with E-state index in [1.54, 1.807) is 7.11 Å². The predicted octanol–water partition coefficient (Wildman–Crippen LogP) is 3.16. The highest BCUT2D eigenvalue weighted by molar-refractivity contribution is 6.31. The van der Waals surface area contributed by atoms with Crippen LogP contribution < -0.4 is 5.32 Å². The van der Waals surface area contributed by atoms with E-state index >= 15 is 0 Å². The van der Waals surface area contributed by atoms with Crippen molar-refractivity contribution in [2.24, 2.45) is 0 Å². The number of nitrogens with one attached hydrogen (secondary N) is 1. The maximum Gasteiger partial charge on any atom is 0.0476 e. The molecule has 90 valence electrons. The van der Waals surface area contributed by atoms with Crippen LogP contribution in [0.1, 0.15) is 24.5 Å². The van der Waals surface area contributed by atoms with Crippen molar-refractivity contribution in [3.8, 4) is 0 Å². The molecule has 0 aliphatic rings. The fourth-order valence-electron chi connectivity index (χ4n) is 1.44. The summed E-state index contributed by atoms with van der Waals surface area (Å²) in [6.07, 6.45) is 1.02. The Morgan fingerprint density at radius 2 is 2.19 bits per heavy atom. The first kappa shape index (κ1) is 13.5. The minimum Gasteiger partial charge on any atom is -0.385 e. The molecule has 0 amide bonds. The van der Waals surface area contributed by atoms with Gasteiger partial charge < -0.3 is 10.1 Å². The summed E-state index contributed by atoms with van der Waals surface area (Å²) in [5.74, 6) is 0. The summed E-state index contributed by atoms with van der Waals surface area (Å²) in [6, 6.07) is 6.64. The Kier molecular flexibility index (Phi) is 5.81. The molecular weight excluding hydrogens is 222 g/mol. The summed E-state index contributed by atoms with van der Waals surface area (Å²) >= 11 is 6.06. The molecule has 0 aliphatic heterocycles. The zero-order chi connectivity index (χ0) is 12.0. The van der Waals surface area contributed by atoms with Gasteiger partial charge in [-0.3, -0.25) is 0 Å². The van der Waals surface area contributed by atoms with E-state index in [9.17, 15) is 0 Å². The molecule has 0 heterocycles. The van der Waals surface area contributed by atoms with Gasteiger partial charge in [-0.2, -0.15) is 0 Å². The van der Waals surface area contributed by atoms with Crippen LogP contribution in [0.25, 0.3) is 0 Å². The molecule has 3 heteroatoms. The van der Waals surface area contributed by atoms with E-state index in [0.717, 1.165) is 30.2 Å². The van der Waals surface area contributed by atoms with Gasteiger partial charge in [0.25, 0.3) is 0 Å². The van der Waals surface area contributed by atoms with Crippen LogP contribution in [0.15, 0.2) is 18.2 Å². The molecule has 1 atom stereocenters. The van der Waals surface area contributed by atoms with E-state index in [2.05, 4.69) is 24.4 Å². The third-order valence-electron chi connectivity index (χ3n) is 2.65. The van der Waals surface area contributed by atoms with E-state index in [4.69, 9.17) is 16.3 Å². The normalized spacial score (nSPS) is 12.8. The molecule has 0 bridgehead atoms. The molecule has 0 saturated carbocycles. The number of ether oxygens (including phenoxy) is 1. The van der Waals surface area contributed by atoms with Crippen LogP contribution in [-0.4, -0.2) is 19.8 Å². The molecular formula is C13H20ClNO. The minimum absolute atomic E-state index is 0.458. The second-order valence-electron chi connectivity index (χ2n) is 4.15. The Hall–Kier alpha value is -0.570. The first-order chi connectivity index (χ1) is 7.63. The second-order valence-corrected chi connectivity index (χ2v) is 4.55. The number of hydrogen-bond donors (Lipinski definition) is 1. The van der Waals surface area contributed by atoms with Gasteiger partial charge in [0.1, 0.15) is 0 Å². The third kappa shape index (κ3) is 4.52. The van der Waals surface area contributed by atoms with Gasteiger partial charge in [-0.25, -0.2) is 0 Å². The van der Waals surface area contributed by atoms with Crippen LogP contribution in [0.3, 0.4) is 0 Å². The largest absolute Gasteiger partial charge is 0.385 e. The van der Waals surface area contributed by atoms with Gasteiger partial charge in [-0.1, -0.05) is 23.7 Å². The number of rotatable bonds is 6. The molecule has 0 aliphatic carbocycles. The molecule has 0 radical (unpaired) electrons. The summed E-state index contributed by atoms with van der Waals surface area (Å²) in [5.41, 5.74) is 2.35. The lowest BCUT2D eigenvalue weighted by Crippen LogP contribution is -2.26. The molecule has 0 fully saturated rings. The summed E-state index contributed by atoms with van der Waals surface area (Å²) in [4.78, 5) is 0. The fraction of sp³-hybridized carbons (Fsp3) is 0.538. The topological polar surface area (TPSA) is 21.3 Å². The first-order valence-electron chi connectivity index (χ1n) is 5.61. The lowest BCUT2D eigenvalue weighted by Gasteiger charge is -2.13. The van der Waals surface area contributed by atoms with Gasteiger partial charge in [0.2, 0.25) is 0 Å². The van der Waals surface area contributed by atoms with Crippen molar-refractivity contribution in [3.05, 3.63) is 34.3 Å². The van der Waals surface area contributed by atoms with Crippen molar-refractivity contribution < 1.29 is 4.74 Å². The number of methoxy groups -OCH3 is 1. The molecule has 1 N–H and O–H groups in total. The smallest absolute Gasteiger partial charge is 0.0476 e. The summed E-state index contributed by atoms with van der Waals surface area (Å²) < 4.78 is 5.04. The third-order valence-corrected chi connectivity index (χ3v) is 3.05. The molecule has 16 heavy (non-hydrogen) atoms. The molecule has 1 aromatic rings. The summed E-state index contributed by atoms with van der Waals surface area (Å²) in [6.45, 7) is 5.82. The van der Waals surface area contributed by atoms with E-state index < -0.39 is 0 Å². The summed E-state index contributed by atoms with van der Waals surface area (Å²) in [7, 11) is 1.73. The highest BCUT2D eigenvalue weighted by Crippen LogP contribution is 2.16. The zero-order valence-electron chi connectivity index (χ0n) is 10.2. The molecule has 2 nitrogen and oxygen atoms in total. The van der Waals surface area contributed by atoms with Gasteiger partial charge in [0.05, 0.1) is 0 Å². The second kappa shape index (κ2) is 6.89. The minimum atomic E-state index is 0.458. The van der Waals surface area contributed by atoms with Crippen molar-refractivity contribution in [2.45, 2.75) is 32.9 Å². The average molecular weight is 242 g/mol. The lowest BCUT2D eigenvalue weighted by atomic mass is 10.1. The number of hydrogen-bond acceptors (Lipinski definition) is 2. The molecule has 1 rings (SSSR count). The molecule has 1 aromatic carbocycles. The van der Waals surface area contributed by atoms with Crippen LogP contribution in [0.2, 0.25) is 5.02 Å². The van der Waals surface area contributed by atoms with Gasteiger partial charge in [-0.05, 0) is 37.5 Å². The number of aryl methyl sites for hydroxylation is 1. The highest BCUT2D eigenvalue weighted by atomic mass is 35.5. The Balaban J connectivity index is 2.39. The van der Waals surface area contributed by atoms with Crippen LogP contribution in [0.4, 0.5) is 0 Å². The van der Waals surface area contributed by atoms with E-state index in [-0.39, 0.29) is 0 Å². The van der Waals surface area contributed by atoms with Gasteiger partial charge >= 0.3 is 0 Å². The standard InChI is InChI=1S/C13H20ClNO/c1-10-4-5-12(8-13(10)14)9-15-11(2)6-7-16-3/h4-5,8,11,15H,6-7,9H2,1-3H3. The van der Waals surface area contributed by atoms with Crippen molar-refractivity contribution in [1.82, 2.24) is 5.32 Å². The zero-order valence-corrected chi connectivity index (χ0v) is 11.0. The summed E-state index contributed by atoms with van der Waals surface area (Å²) in [5, 5.41) is 4.28. The van der Waals surface area contributed by atoms with E-state index in [1.807, 2.05) is 13.0 Å². The molecule has 0 spiro atoms. The number of halogens is 1. The molecule has 1 unspecified atom stereocenters. The highest BCUT2D eigenvalue weighted by Gasteiger charge is 2.02. The molecule has 0 aromatic heterocycles. The predicted molar refractivity (Wildman–Crippen MR) is 69.0 cm³/mol. The van der Waals surface area contributed by atoms with Crippen molar-refractivity contribution >= 4 is 11.6 Å². The van der Waals surface area contributed by atoms with Gasteiger partial charge in [0, 0.05) is 31.3 Å². The first-order valence-corrected chi connectivity index (χ1v) is 5.98. The van der Waals surface area contributed by atoms with Crippen molar-refractivity contribution in [1.29, 1.82) is 0 Å². The Labute approximate surface area is 103 Å². The van der Waals surface area contributed by atoms with Crippen LogP contribution in [-0.2, 0) is 11.3 Å². The quantitative estimate of drug-likeness (QED) is 0.826. The van der Waals surface area contributed by atoms with Crippen LogP contribution >= 0.6 is 11.6 Å². The van der Waals surface area contributed by atoms with Crippen LogP contribution in [0.5, 0.6) is 0 Å². The Morgan fingerprint density at radius 1 is 1.44 bits per heavy atom. The average Bonchev–Trinajstić information content (AvgIpc) is 2.28. The maximum absolute atomic E-state index is 6.06. The van der Waals surface area contributed by atoms with Crippen molar-refractivity contribution in [2.75, 3.05) is 13.7 Å². The van der Waals surface area contributed by atoms with Crippen LogP contribution in [0, 0.1) is 6.92 Å². The van der Waals surface area contributed by atoms with Crippen molar-refractivity contribution in [3.63, 3.8) is 0 Å². The van der Waals surface area contributed by atoms with E-state index in [1.165, 1.54) is 5.56 Å². The maximum atomic E-state index is 6.06. The monoisotopic (exact) mass is 241 g/mol.